The van der Waals surface area contributed by atoms with Crippen LogP contribution in [0.2, 0.25) is 0 Å². The van der Waals surface area contributed by atoms with Gasteiger partial charge >= 0.3 is 6.18 Å². The van der Waals surface area contributed by atoms with Gasteiger partial charge in [0.05, 0.1) is 12.5 Å². The Morgan fingerprint density at radius 3 is 2.21 bits per heavy atom. The molecule has 0 aliphatic carbocycles. The zero-order chi connectivity index (χ0) is 11.4. The summed E-state index contributed by atoms with van der Waals surface area (Å²) in [7, 11) is 0. The predicted molar refractivity (Wildman–Crippen MR) is 43.5 cm³/mol. The van der Waals surface area contributed by atoms with Gasteiger partial charge < -0.3 is 5.32 Å². The summed E-state index contributed by atoms with van der Waals surface area (Å²) >= 11 is 0. The number of carbonyl (C=O) groups is 2. The average Bonchev–Trinajstić information content (AvgIpc) is 1.99. The molecular formula is C8H12F3NO2. The zero-order valence-electron chi connectivity index (χ0n) is 7.94. The first-order valence-electron chi connectivity index (χ1n) is 4.06. The van der Waals surface area contributed by atoms with E-state index in [0.29, 0.717) is 0 Å². The lowest BCUT2D eigenvalue weighted by Gasteiger charge is -2.14. The van der Waals surface area contributed by atoms with Crippen molar-refractivity contribution in [1.29, 1.82) is 0 Å². The highest BCUT2D eigenvalue weighted by Crippen LogP contribution is 2.28. The van der Waals surface area contributed by atoms with Crippen LogP contribution in [-0.2, 0) is 9.59 Å². The summed E-state index contributed by atoms with van der Waals surface area (Å²) in [6.45, 7) is 1.79. The SMILES string of the molecule is CC(=O)NCC(=O)CC(C)C(F)(F)F. The van der Waals surface area contributed by atoms with Crippen LogP contribution in [-0.4, -0.2) is 24.4 Å². The average molecular weight is 211 g/mol. The van der Waals surface area contributed by atoms with Crippen LogP contribution in [0.25, 0.3) is 0 Å². The van der Waals surface area contributed by atoms with Crippen LogP contribution in [0.4, 0.5) is 13.2 Å². The fraction of sp³-hybridized carbons (Fsp3) is 0.750. The number of rotatable bonds is 4. The fourth-order valence-electron chi connectivity index (χ4n) is 0.752. The van der Waals surface area contributed by atoms with Gasteiger partial charge in [-0.15, -0.1) is 0 Å². The van der Waals surface area contributed by atoms with Crippen LogP contribution in [0.5, 0.6) is 0 Å². The molecule has 1 amide bonds. The van der Waals surface area contributed by atoms with Crippen LogP contribution >= 0.6 is 0 Å². The molecule has 0 bridgehead atoms. The molecule has 6 heteroatoms. The third kappa shape index (κ3) is 5.55. The second kappa shape index (κ2) is 4.97. The smallest absolute Gasteiger partial charge is 0.349 e. The highest BCUT2D eigenvalue weighted by Gasteiger charge is 2.36. The quantitative estimate of drug-likeness (QED) is 0.761. The van der Waals surface area contributed by atoms with Crippen molar-refractivity contribution in [3.05, 3.63) is 0 Å². The third-order valence-electron chi connectivity index (χ3n) is 1.63. The Kier molecular flexibility index (Phi) is 4.59. The van der Waals surface area contributed by atoms with Crippen molar-refractivity contribution >= 4 is 11.7 Å². The first kappa shape index (κ1) is 12.9. The monoisotopic (exact) mass is 211 g/mol. The molecule has 0 radical (unpaired) electrons. The number of alkyl halides is 3. The van der Waals surface area contributed by atoms with E-state index in [-0.39, 0.29) is 6.54 Å². The summed E-state index contributed by atoms with van der Waals surface area (Å²) in [5.41, 5.74) is 0. The molecule has 1 atom stereocenters. The summed E-state index contributed by atoms with van der Waals surface area (Å²) in [6.07, 6.45) is -4.95. The molecular weight excluding hydrogens is 199 g/mol. The Hall–Kier alpha value is -1.07. The Morgan fingerprint density at radius 1 is 1.36 bits per heavy atom. The first-order chi connectivity index (χ1) is 6.23. The van der Waals surface area contributed by atoms with Gasteiger partial charge in [-0.1, -0.05) is 6.92 Å². The van der Waals surface area contributed by atoms with E-state index in [0.717, 1.165) is 6.92 Å². The number of nitrogens with one attached hydrogen (secondary N) is 1. The summed E-state index contributed by atoms with van der Waals surface area (Å²) in [4.78, 5) is 21.2. The van der Waals surface area contributed by atoms with Crippen LogP contribution in [0.15, 0.2) is 0 Å². The van der Waals surface area contributed by atoms with Crippen molar-refractivity contribution in [3.63, 3.8) is 0 Å². The molecule has 0 rings (SSSR count). The van der Waals surface area contributed by atoms with Gasteiger partial charge in [0.25, 0.3) is 0 Å². The Morgan fingerprint density at radius 2 is 1.86 bits per heavy atom. The molecule has 0 aliphatic rings. The van der Waals surface area contributed by atoms with Gasteiger partial charge in [-0.2, -0.15) is 13.2 Å². The van der Waals surface area contributed by atoms with Gasteiger partial charge in [0.1, 0.15) is 0 Å². The van der Waals surface area contributed by atoms with Crippen molar-refractivity contribution in [2.24, 2.45) is 5.92 Å². The number of carbonyl (C=O) groups excluding carboxylic acids is 2. The number of hydrogen-bond donors (Lipinski definition) is 1. The first-order valence-corrected chi connectivity index (χ1v) is 4.06. The van der Waals surface area contributed by atoms with E-state index < -0.39 is 30.2 Å². The number of hydrogen-bond acceptors (Lipinski definition) is 2. The Bertz CT molecular complexity index is 225. The molecule has 0 aromatic carbocycles. The molecule has 0 aliphatic heterocycles. The molecule has 0 saturated carbocycles. The summed E-state index contributed by atoms with van der Waals surface area (Å²) in [5, 5.41) is 2.15. The van der Waals surface area contributed by atoms with Crippen molar-refractivity contribution in [2.45, 2.75) is 26.4 Å². The number of Topliss-reactive ketones (excluding diaryl/α,β-unsaturated/α-hetero) is 1. The minimum absolute atomic E-state index is 0.338. The number of amides is 1. The summed E-state index contributed by atoms with van der Waals surface area (Å²) in [6, 6.07) is 0. The maximum Gasteiger partial charge on any atom is 0.391 e. The maximum absolute atomic E-state index is 12.0. The molecule has 0 aromatic heterocycles. The Labute approximate surface area is 79.7 Å². The predicted octanol–water partition coefficient (Wildman–Crippen LogP) is 1.28. The van der Waals surface area contributed by atoms with Crippen molar-refractivity contribution in [1.82, 2.24) is 5.32 Å². The summed E-state index contributed by atoms with van der Waals surface area (Å²) < 4.78 is 35.9. The Balaban J connectivity index is 3.89. The van der Waals surface area contributed by atoms with E-state index in [1.54, 1.807) is 0 Å². The van der Waals surface area contributed by atoms with E-state index in [4.69, 9.17) is 0 Å². The molecule has 82 valence electrons. The van der Waals surface area contributed by atoms with Gasteiger partial charge in [-0.3, -0.25) is 9.59 Å². The molecule has 1 unspecified atom stereocenters. The second-order valence-electron chi connectivity index (χ2n) is 3.10. The molecule has 0 spiro atoms. The van der Waals surface area contributed by atoms with E-state index in [2.05, 4.69) is 5.32 Å². The minimum Gasteiger partial charge on any atom is -0.349 e. The fourth-order valence-corrected chi connectivity index (χ4v) is 0.752. The van der Waals surface area contributed by atoms with E-state index in [1.165, 1.54) is 6.92 Å². The van der Waals surface area contributed by atoms with Crippen LogP contribution in [0.3, 0.4) is 0 Å². The van der Waals surface area contributed by atoms with E-state index in [1.807, 2.05) is 0 Å². The number of ketones is 1. The van der Waals surface area contributed by atoms with Crippen LogP contribution < -0.4 is 5.32 Å². The molecule has 14 heavy (non-hydrogen) atoms. The third-order valence-corrected chi connectivity index (χ3v) is 1.63. The van der Waals surface area contributed by atoms with Gasteiger partial charge in [0, 0.05) is 13.3 Å². The van der Waals surface area contributed by atoms with Gasteiger partial charge in [0.2, 0.25) is 5.91 Å². The van der Waals surface area contributed by atoms with Crippen LogP contribution in [0.1, 0.15) is 20.3 Å². The molecule has 1 N–H and O–H groups in total. The molecule has 0 aromatic rings. The van der Waals surface area contributed by atoms with Crippen molar-refractivity contribution < 1.29 is 22.8 Å². The normalized spacial score (nSPS) is 13.5. The van der Waals surface area contributed by atoms with Gasteiger partial charge in [-0.25, -0.2) is 0 Å². The second-order valence-corrected chi connectivity index (χ2v) is 3.10. The minimum atomic E-state index is -4.36. The topological polar surface area (TPSA) is 46.2 Å². The molecule has 0 heterocycles. The van der Waals surface area contributed by atoms with Gasteiger partial charge in [0.15, 0.2) is 5.78 Å². The largest absolute Gasteiger partial charge is 0.391 e. The lowest BCUT2D eigenvalue weighted by atomic mass is 10.0. The standard InChI is InChI=1S/C8H12F3NO2/c1-5(8(9,10)11)3-7(14)4-12-6(2)13/h5H,3-4H2,1-2H3,(H,12,13). The van der Waals surface area contributed by atoms with Crippen LogP contribution in [0, 0.1) is 5.92 Å². The zero-order valence-corrected chi connectivity index (χ0v) is 7.94. The van der Waals surface area contributed by atoms with Crippen molar-refractivity contribution in [3.8, 4) is 0 Å². The molecule has 0 fully saturated rings. The summed E-state index contributed by atoms with van der Waals surface area (Å²) in [5.74, 6) is -2.72. The van der Waals surface area contributed by atoms with Crippen molar-refractivity contribution in [2.75, 3.05) is 6.54 Å². The lowest BCUT2D eigenvalue weighted by Crippen LogP contribution is -2.30. The number of halogens is 3. The van der Waals surface area contributed by atoms with E-state index >= 15 is 0 Å². The molecule has 0 saturated heterocycles. The van der Waals surface area contributed by atoms with E-state index in [9.17, 15) is 22.8 Å². The molecule has 3 nitrogen and oxygen atoms in total. The van der Waals surface area contributed by atoms with Gasteiger partial charge in [-0.05, 0) is 0 Å². The lowest BCUT2D eigenvalue weighted by molar-refractivity contribution is -0.173. The highest BCUT2D eigenvalue weighted by molar-refractivity contribution is 5.85. The highest BCUT2D eigenvalue weighted by atomic mass is 19.4. The maximum atomic E-state index is 12.0.